The number of hydrogen-bond acceptors (Lipinski definition) is 3. The third-order valence-corrected chi connectivity index (χ3v) is 2.34. The van der Waals surface area contributed by atoms with Crippen LogP contribution in [0.5, 0.6) is 0 Å². The Hall–Kier alpha value is -0.120. The molecule has 13 heavy (non-hydrogen) atoms. The number of nitrogens with zero attached hydrogens (tertiary/aromatic N) is 1. The minimum Gasteiger partial charge on any atom is -0.379 e. The molecular weight excluding hydrogens is 166 g/mol. The SMILES string of the molecule is CC(C)OCC(C)N1CCOCC1. The fourth-order valence-corrected chi connectivity index (χ4v) is 1.46. The molecule has 0 saturated carbocycles. The minimum absolute atomic E-state index is 0.337. The van der Waals surface area contributed by atoms with Crippen LogP contribution in [-0.2, 0) is 9.47 Å². The molecule has 1 unspecified atom stereocenters. The molecule has 3 nitrogen and oxygen atoms in total. The molecule has 0 aromatic heterocycles. The maximum Gasteiger partial charge on any atom is 0.0622 e. The van der Waals surface area contributed by atoms with E-state index in [0.717, 1.165) is 32.9 Å². The van der Waals surface area contributed by atoms with Gasteiger partial charge in [0, 0.05) is 19.1 Å². The minimum atomic E-state index is 0.337. The summed E-state index contributed by atoms with van der Waals surface area (Å²) < 4.78 is 10.9. The van der Waals surface area contributed by atoms with E-state index in [4.69, 9.17) is 9.47 Å². The summed E-state index contributed by atoms with van der Waals surface area (Å²) in [6.45, 7) is 11.0. The van der Waals surface area contributed by atoms with Crippen molar-refractivity contribution < 1.29 is 9.47 Å². The fraction of sp³-hybridized carbons (Fsp3) is 1.00. The summed E-state index contributed by atoms with van der Waals surface area (Å²) in [6, 6.07) is 0.520. The van der Waals surface area contributed by atoms with Gasteiger partial charge in [-0.25, -0.2) is 0 Å². The van der Waals surface area contributed by atoms with Crippen LogP contribution in [0, 0.1) is 0 Å². The Morgan fingerprint density at radius 1 is 1.23 bits per heavy atom. The highest BCUT2D eigenvalue weighted by Gasteiger charge is 2.16. The number of hydrogen-bond donors (Lipinski definition) is 0. The summed E-state index contributed by atoms with van der Waals surface area (Å²) in [5, 5.41) is 0. The monoisotopic (exact) mass is 187 g/mol. The first kappa shape index (κ1) is 11.0. The zero-order valence-electron chi connectivity index (χ0n) is 8.95. The van der Waals surface area contributed by atoms with Gasteiger partial charge in [-0.15, -0.1) is 0 Å². The van der Waals surface area contributed by atoms with Crippen molar-refractivity contribution in [1.82, 2.24) is 4.90 Å². The lowest BCUT2D eigenvalue weighted by Crippen LogP contribution is -2.44. The summed E-state index contributed by atoms with van der Waals surface area (Å²) in [5.41, 5.74) is 0. The van der Waals surface area contributed by atoms with Gasteiger partial charge in [0.1, 0.15) is 0 Å². The van der Waals surface area contributed by atoms with Crippen LogP contribution >= 0.6 is 0 Å². The van der Waals surface area contributed by atoms with Gasteiger partial charge in [-0.2, -0.15) is 0 Å². The van der Waals surface area contributed by atoms with Crippen molar-refractivity contribution in [3.05, 3.63) is 0 Å². The van der Waals surface area contributed by atoms with Gasteiger partial charge in [-0.05, 0) is 20.8 Å². The molecule has 0 bridgehead atoms. The van der Waals surface area contributed by atoms with E-state index in [1.165, 1.54) is 0 Å². The van der Waals surface area contributed by atoms with E-state index in [2.05, 4.69) is 25.7 Å². The van der Waals surface area contributed by atoms with Crippen LogP contribution in [0.15, 0.2) is 0 Å². The molecule has 1 rings (SSSR count). The Kier molecular flexibility index (Phi) is 4.70. The molecule has 0 aromatic rings. The Morgan fingerprint density at radius 2 is 1.85 bits per heavy atom. The molecule has 0 spiro atoms. The molecule has 1 aliphatic heterocycles. The standard InChI is InChI=1S/C10H21NO2/c1-9(2)13-8-10(3)11-4-6-12-7-5-11/h9-10H,4-8H2,1-3H3. The van der Waals surface area contributed by atoms with Crippen LogP contribution in [0.1, 0.15) is 20.8 Å². The average molecular weight is 187 g/mol. The third-order valence-electron chi connectivity index (χ3n) is 2.34. The van der Waals surface area contributed by atoms with Crippen LogP contribution in [-0.4, -0.2) is 50.0 Å². The van der Waals surface area contributed by atoms with Gasteiger partial charge in [0.05, 0.1) is 25.9 Å². The van der Waals surface area contributed by atoms with E-state index in [1.807, 2.05) is 0 Å². The molecule has 0 radical (unpaired) electrons. The maximum atomic E-state index is 5.57. The zero-order valence-corrected chi connectivity index (χ0v) is 8.95. The highest BCUT2D eigenvalue weighted by Crippen LogP contribution is 2.04. The van der Waals surface area contributed by atoms with Gasteiger partial charge in [-0.1, -0.05) is 0 Å². The Bertz CT molecular complexity index is 133. The molecule has 0 amide bonds. The van der Waals surface area contributed by atoms with E-state index in [1.54, 1.807) is 0 Å². The highest BCUT2D eigenvalue weighted by molar-refractivity contribution is 4.69. The normalized spacial score (nSPS) is 22.2. The molecule has 1 aliphatic rings. The van der Waals surface area contributed by atoms with Crippen LogP contribution in [0.3, 0.4) is 0 Å². The van der Waals surface area contributed by atoms with Gasteiger partial charge in [0.2, 0.25) is 0 Å². The molecule has 0 aliphatic carbocycles. The molecule has 1 saturated heterocycles. The number of ether oxygens (including phenoxy) is 2. The van der Waals surface area contributed by atoms with Crippen molar-refractivity contribution in [3.63, 3.8) is 0 Å². The zero-order chi connectivity index (χ0) is 9.68. The largest absolute Gasteiger partial charge is 0.379 e. The molecule has 3 heteroatoms. The topological polar surface area (TPSA) is 21.7 Å². The summed E-state index contributed by atoms with van der Waals surface area (Å²) in [7, 11) is 0. The Balaban J connectivity index is 2.17. The Labute approximate surface area is 81.0 Å². The van der Waals surface area contributed by atoms with E-state index in [-0.39, 0.29) is 0 Å². The molecule has 0 N–H and O–H groups in total. The van der Waals surface area contributed by atoms with Crippen LogP contribution < -0.4 is 0 Å². The molecule has 1 fully saturated rings. The number of rotatable bonds is 4. The van der Waals surface area contributed by atoms with E-state index in [0.29, 0.717) is 12.1 Å². The van der Waals surface area contributed by atoms with Gasteiger partial charge in [0.25, 0.3) is 0 Å². The van der Waals surface area contributed by atoms with Crippen molar-refractivity contribution in [2.45, 2.75) is 32.9 Å². The van der Waals surface area contributed by atoms with Crippen molar-refractivity contribution >= 4 is 0 Å². The number of morpholine rings is 1. The van der Waals surface area contributed by atoms with Crippen molar-refractivity contribution in [2.75, 3.05) is 32.9 Å². The predicted molar refractivity (Wildman–Crippen MR) is 52.9 cm³/mol. The molecule has 78 valence electrons. The van der Waals surface area contributed by atoms with Crippen molar-refractivity contribution in [1.29, 1.82) is 0 Å². The van der Waals surface area contributed by atoms with Crippen LogP contribution in [0.4, 0.5) is 0 Å². The van der Waals surface area contributed by atoms with Gasteiger partial charge in [0.15, 0.2) is 0 Å². The predicted octanol–water partition coefficient (Wildman–Crippen LogP) is 1.13. The second kappa shape index (κ2) is 5.58. The summed E-state index contributed by atoms with van der Waals surface area (Å²) in [6.07, 6.45) is 0.337. The Morgan fingerprint density at radius 3 is 2.38 bits per heavy atom. The second-order valence-corrected chi connectivity index (χ2v) is 3.88. The summed E-state index contributed by atoms with van der Waals surface area (Å²) in [5.74, 6) is 0. The van der Waals surface area contributed by atoms with Crippen molar-refractivity contribution in [2.24, 2.45) is 0 Å². The van der Waals surface area contributed by atoms with Gasteiger partial charge >= 0.3 is 0 Å². The first-order chi connectivity index (χ1) is 6.20. The van der Waals surface area contributed by atoms with Crippen molar-refractivity contribution in [3.8, 4) is 0 Å². The lowest BCUT2D eigenvalue weighted by Gasteiger charge is -2.32. The molecule has 1 heterocycles. The maximum absolute atomic E-state index is 5.57. The first-order valence-electron chi connectivity index (χ1n) is 5.13. The summed E-state index contributed by atoms with van der Waals surface area (Å²) in [4.78, 5) is 2.42. The second-order valence-electron chi connectivity index (χ2n) is 3.88. The van der Waals surface area contributed by atoms with E-state index in [9.17, 15) is 0 Å². The molecule has 1 atom stereocenters. The van der Waals surface area contributed by atoms with E-state index < -0.39 is 0 Å². The van der Waals surface area contributed by atoms with Crippen LogP contribution in [0.2, 0.25) is 0 Å². The quantitative estimate of drug-likeness (QED) is 0.658. The smallest absolute Gasteiger partial charge is 0.0622 e. The lowest BCUT2D eigenvalue weighted by atomic mass is 10.3. The third kappa shape index (κ3) is 4.07. The fourth-order valence-electron chi connectivity index (χ4n) is 1.46. The van der Waals surface area contributed by atoms with E-state index >= 15 is 0 Å². The van der Waals surface area contributed by atoms with Gasteiger partial charge < -0.3 is 9.47 Å². The average Bonchev–Trinajstić information content (AvgIpc) is 2.15. The first-order valence-corrected chi connectivity index (χ1v) is 5.13. The highest BCUT2D eigenvalue weighted by atomic mass is 16.5. The molecule has 0 aromatic carbocycles. The lowest BCUT2D eigenvalue weighted by molar-refractivity contribution is -0.0172. The van der Waals surface area contributed by atoms with Crippen LogP contribution in [0.25, 0.3) is 0 Å². The molecular formula is C10H21NO2. The summed E-state index contributed by atoms with van der Waals surface area (Å²) >= 11 is 0. The van der Waals surface area contributed by atoms with Gasteiger partial charge in [-0.3, -0.25) is 4.90 Å².